The lowest BCUT2D eigenvalue weighted by Gasteiger charge is -2.39. The van der Waals surface area contributed by atoms with Crippen LogP contribution in [0.5, 0.6) is 0 Å². The average Bonchev–Trinajstić information content (AvgIpc) is 3.40. The zero-order chi connectivity index (χ0) is 22.9. The smallest absolute Gasteiger partial charge is 0.410 e. The molecular weight excluding hydrogens is 406 g/mol. The van der Waals surface area contributed by atoms with Crippen molar-refractivity contribution >= 4 is 22.8 Å². The number of nitrogens with zero attached hydrogens (tertiary/aromatic N) is 3. The fourth-order valence-electron chi connectivity index (χ4n) is 4.11. The van der Waals surface area contributed by atoms with Crippen LogP contribution in [-0.4, -0.2) is 58.5 Å². The number of benzene rings is 1. The number of fused-ring (bicyclic) bond motifs is 1. The van der Waals surface area contributed by atoms with Gasteiger partial charge in [-0.25, -0.2) is 4.79 Å². The van der Waals surface area contributed by atoms with Gasteiger partial charge in [0.1, 0.15) is 5.60 Å². The minimum Gasteiger partial charge on any atom is -0.444 e. The Labute approximate surface area is 190 Å². The molecular formula is C25H35N3O4. The van der Waals surface area contributed by atoms with Crippen molar-refractivity contribution in [1.29, 1.82) is 0 Å². The molecule has 0 spiro atoms. The van der Waals surface area contributed by atoms with Crippen LogP contribution in [0.4, 0.5) is 4.79 Å². The van der Waals surface area contributed by atoms with Gasteiger partial charge in [-0.15, -0.1) is 0 Å². The maximum absolute atomic E-state index is 12.7. The third-order valence-corrected chi connectivity index (χ3v) is 6.10. The van der Waals surface area contributed by atoms with Gasteiger partial charge in [0.05, 0.1) is 5.52 Å². The second kappa shape index (κ2) is 9.22. The summed E-state index contributed by atoms with van der Waals surface area (Å²) in [6.45, 7) is 11.2. The number of ketones is 1. The summed E-state index contributed by atoms with van der Waals surface area (Å²) in [6.07, 6.45) is 5.61. The van der Waals surface area contributed by atoms with Gasteiger partial charge < -0.3 is 14.4 Å². The molecule has 1 saturated heterocycles. The van der Waals surface area contributed by atoms with Crippen LogP contribution in [0, 0.1) is 18.8 Å². The van der Waals surface area contributed by atoms with Gasteiger partial charge in [-0.1, -0.05) is 0 Å². The molecule has 0 atom stereocenters. The number of aryl methyl sites for hydroxylation is 1. The van der Waals surface area contributed by atoms with Crippen LogP contribution in [0.3, 0.4) is 0 Å². The summed E-state index contributed by atoms with van der Waals surface area (Å²) in [4.78, 5) is 26.6. The molecule has 1 amide bonds. The zero-order valence-electron chi connectivity index (χ0n) is 19.7. The normalized spacial score (nSPS) is 16.9. The molecule has 1 aromatic heterocycles. The Kier molecular flexibility index (Phi) is 6.56. The highest BCUT2D eigenvalue weighted by Crippen LogP contribution is 2.29. The summed E-state index contributed by atoms with van der Waals surface area (Å²) in [5.74, 6) is 1.28. The molecule has 1 aliphatic carbocycles. The van der Waals surface area contributed by atoms with Gasteiger partial charge in [0, 0.05) is 62.3 Å². The van der Waals surface area contributed by atoms with Gasteiger partial charge in [-0.2, -0.15) is 5.10 Å². The van der Waals surface area contributed by atoms with Crippen LogP contribution in [0.2, 0.25) is 0 Å². The largest absolute Gasteiger partial charge is 0.444 e. The lowest BCUT2D eigenvalue weighted by molar-refractivity contribution is -0.00381. The van der Waals surface area contributed by atoms with E-state index in [-0.39, 0.29) is 11.9 Å². The molecule has 32 heavy (non-hydrogen) atoms. The second-order valence-electron chi connectivity index (χ2n) is 10.3. The Morgan fingerprint density at radius 2 is 1.91 bits per heavy atom. The number of rotatable bonds is 9. The van der Waals surface area contributed by atoms with E-state index in [1.54, 1.807) is 4.90 Å². The fraction of sp³-hybridized carbons (Fsp3) is 0.640. The van der Waals surface area contributed by atoms with Crippen molar-refractivity contribution in [3.05, 3.63) is 29.5 Å². The van der Waals surface area contributed by atoms with Gasteiger partial charge >= 0.3 is 6.09 Å². The van der Waals surface area contributed by atoms with Crippen LogP contribution >= 0.6 is 0 Å². The molecule has 2 aromatic rings. The Morgan fingerprint density at radius 1 is 1.16 bits per heavy atom. The highest BCUT2D eigenvalue weighted by molar-refractivity contribution is 6.01. The molecule has 2 aliphatic rings. The topological polar surface area (TPSA) is 73.7 Å². The molecule has 7 nitrogen and oxygen atoms in total. The van der Waals surface area contributed by atoms with Crippen molar-refractivity contribution in [3.63, 3.8) is 0 Å². The number of amides is 1. The molecule has 2 fully saturated rings. The minimum absolute atomic E-state index is 0.166. The Hall–Kier alpha value is -2.41. The van der Waals surface area contributed by atoms with E-state index >= 15 is 0 Å². The molecule has 0 N–H and O–H groups in total. The highest BCUT2D eigenvalue weighted by Gasteiger charge is 2.34. The van der Waals surface area contributed by atoms with Gasteiger partial charge in [-0.05, 0) is 70.6 Å². The second-order valence-corrected chi connectivity index (χ2v) is 10.3. The standard InChI is InChI=1S/C25H35N3O4/c1-17-20(23(29)6-5-11-31-16-18-7-8-18)9-10-22-21(17)15-28(26-22)14-19-12-27(13-19)24(30)32-25(2,3)4/h9-10,15,18-19H,5-8,11-14,16H2,1-4H3. The summed E-state index contributed by atoms with van der Waals surface area (Å²) >= 11 is 0. The number of aromatic nitrogens is 2. The van der Waals surface area contributed by atoms with Crippen molar-refractivity contribution in [3.8, 4) is 0 Å². The summed E-state index contributed by atoms with van der Waals surface area (Å²) in [5, 5.41) is 5.70. The molecule has 1 saturated carbocycles. The molecule has 4 rings (SSSR count). The first kappa shape index (κ1) is 22.8. The predicted molar refractivity (Wildman–Crippen MR) is 123 cm³/mol. The zero-order valence-corrected chi connectivity index (χ0v) is 19.7. The van der Waals surface area contributed by atoms with Crippen LogP contribution in [-0.2, 0) is 16.0 Å². The minimum atomic E-state index is -0.474. The van der Waals surface area contributed by atoms with Crippen LogP contribution in [0.25, 0.3) is 10.9 Å². The molecule has 1 aromatic carbocycles. The van der Waals surface area contributed by atoms with Crippen molar-refractivity contribution in [2.24, 2.45) is 11.8 Å². The van der Waals surface area contributed by atoms with Crippen molar-refractivity contribution in [2.75, 3.05) is 26.3 Å². The summed E-state index contributed by atoms with van der Waals surface area (Å²) in [7, 11) is 0. The number of carbonyl (C=O) groups is 2. The Balaban J connectivity index is 1.30. The molecule has 2 heterocycles. The van der Waals surface area contributed by atoms with E-state index in [0.717, 1.165) is 47.5 Å². The predicted octanol–water partition coefficient (Wildman–Crippen LogP) is 4.60. The van der Waals surface area contributed by atoms with E-state index in [1.807, 2.05) is 50.7 Å². The molecule has 0 radical (unpaired) electrons. The quantitative estimate of drug-likeness (QED) is 0.420. The SMILES string of the molecule is Cc1c(C(=O)CCCOCC2CC2)ccc2nn(CC3CN(C(=O)OC(C)(C)C)C3)cc12. The number of carbonyl (C=O) groups excluding carboxylic acids is 2. The Bertz CT molecular complexity index is 981. The van der Waals surface area contributed by atoms with Crippen molar-refractivity contribution in [2.45, 2.75) is 65.5 Å². The summed E-state index contributed by atoms with van der Waals surface area (Å²) in [6, 6.07) is 3.83. The maximum Gasteiger partial charge on any atom is 0.410 e. The number of likely N-dealkylation sites (tertiary alicyclic amines) is 1. The molecule has 7 heteroatoms. The third-order valence-electron chi connectivity index (χ3n) is 6.10. The van der Waals surface area contributed by atoms with Gasteiger partial charge in [0.25, 0.3) is 0 Å². The van der Waals surface area contributed by atoms with Crippen LogP contribution in [0.1, 0.15) is 62.4 Å². The van der Waals surface area contributed by atoms with Crippen molar-refractivity contribution in [1.82, 2.24) is 14.7 Å². The third kappa shape index (κ3) is 5.68. The molecule has 0 bridgehead atoms. The molecule has 174 valence electrons. The van der Waals surface area contributed by atoms with E-state index in [1.165, 1.54) is 12.8 Å². The number of hydrogen-bond donors (Lipinski definition) is 0. The fourth-order valence-corrected chi connectivity index (χ4v) is 4.11. The number of Topliss-reactive ketones (excluding diaryl/α,β-unsaturated/α-hetero) is 1. The molecule has 1 aliphatic heterocycles. The highest BCUT2D eigenvalue weighted by atomic mass is 16.6. The van der Waals surface area contributed by atoms with Crippen LogP contribution < -0.4 is 0 Å². The molecule has 0 unspecified atom stereocenters. The first-order chi connectivity index (χ1) is 15.2. The average molecular weight is 442 g/mol. The first-order valence-electron chi connectivity index (χ1n) is 11.8. The number of ether oxygens (including phenoxy) is 2. The maximum atomic E-state index is 12.7. The van der Waals surface area contributed by atoms with E-state index in [0.29, 0.717) is 32.0 Å². The van der Waals surface area contributed by atoms with E-state index in [9.17, 15) is 9.59 Å². The summed E-state index contributed by atoms with van der Waals surface area (Å²) < 4.78 is 13.0. The lowest BCUT2D eigenvalue weighted by atomic mass is 9.99. The van der Waals surface area contributed by atoms with Crippen LogP contribution in [0.15, 0.2) is 18.3 Å². The monoisotopic (exact) mass is 441 g/mol. The Morgan fingerprint density at radius 3 is 2.59 bits per heavy atom. The summed E-state index contributed by atoms with van der Waals surface area (Å²) in [5.41, 5.74) is 2.19. The van der Waals surface area contributed by atoms with Crippen molar-refractivity contribution < 1.29 is 19.1 Å². The lowest BCUT2D eigenvalue weighted by Crippen LogP contribution is -2.52. The first-order valence-corrected chi connectivity index (χ1v) is 11.8. The van der Waals surface area contributed by atoms with E-state index in [2.05, 4.69) is 5.10 Å². The van der Waals surface area contributed by atoms with E-state index < -0.39 is 5.60 Å². The van der Waals surface area contributed by atoms with Gasteiger partial charge in [-0.3, -0.25) is 9.48 Å². The number of hydrogen-bond acceptors (Lipinski definition) is 5. The van der Waals surface area contributed by atoms with Gasteiger partial charge in [0.2, 0.25) is 0 Å². The van der Waals surface area contributed by atoms with E-state index in [4.69, 9.17) is 9.47 Å². The van der Waals surface area contributed by atoms with Gasteiger partial charge in [0.15, 0.2) is 5.78 Å².